The number of halogens is 1. The minimum atomic E-state index is -0.207. The third-order valence-electron chi connectivity index (χ3n) is 5.22. The predicted molar refractivity (Wildman–Crippen MR) is 82.8 cm³/mol. The van der Waals surface area contributed by atoms with E-state index in [1.54, 1.807) is 0 Å². The molecule has 3 rings (SSSR count). The number of rotatable bonds is 2. The molecule has 0 radical (unpaired) electrons. The molecular formula is C18H24FNO. The summed E-state index contributed by atoms with van der Waals surface area (Å²) in [6.45, 7) is 7.45. The third kappa shape index (κ3) is 2.58. The van der Waals surface area contributed by atoms with E-state index in [9.17, 15) is 9.18 Å². The summed E-state index contributed by atoms with van der Waals surface area (Å²) in [4.78, 5) is 14.9. The Kier molecular flexibility index (Phi) is 3.54. The van der Waals surface area contributed by atoms with E-state index in [0.717, 1.165) is 25.1 Å². The van der Waals surface area contributed by atoms with Crippen molar-refractivity contribution < 1.29 is 9.18 Å². The monoisotopic (exact) mass is 289 g/mol. The molecule has 1 saturated heterocycles. The standard InChI is InChI=1S/C18H24FNO/c1-4-12-11-20(14-7-5-13(19)6-8-14)15-9-18(2,3)10-16(21)17(12)15/h5-8,12,15,17H,4,9-11H2,1-3H3. The Bertz CT molecular complexity index is 537. The first-order valence-corrected chi connectivity index (χ1v) is 7.96. The molecule has 3 unspecified atom stereocenters. The van der Waals surface area contributed by atoms with E-state index in [-0.39, 0.29) is 23.2 Å². The average molecular weight is 289 g/mol. The van der Waals surface area contributed by atoms with Crippen LogP contribution in [0.15, 0.2) is 24.3 Å². The van der Waals surface area contributed by atoms with E-state index in [2.05, 4.69) is 25.7 Å². The SMILES string of the molecule is CCC1CN(c2ccc(F)cc2)C2CC(C)(C)CC(=O)C12. The maximum Gasteiger partial charge on any atom is 0.138 e. The number of hydrogen-bond donors (Lipinski definition) is 0. The number of hydrogen-bond acceptors (Lipinski definition) is 2. The lowest BCUT2D eigenvalue weighted by Crippen LogP contribution is -2.45. The van der Waals surface area contributed by atoms with E-state index in [0.29, 0.717) is 18.1 Å². The Morgan fingerprint density at radius 2 is 1.95 bits per heavy atom. The first-order chi connectivity index (χ1) is 9.91. The number of nitrogens with zero attached hydrogens (tertiary/aromatic N) is 1. The van der Waals surface area contributed by atoms with Crippen LogP contribution in [-0.4, -0.2) is 18.4 Å². The molecule has 0 N–H and O–H groups in total. The molecule has 0 aromatic heterocycles. The lowest BCUT2D eigenvalue weighted by Gasteiger charge is -2.41. The van der Waals surface area contributed by atoms with Gasteiger partial charge in [0.05, 0.1) is 0 Å². The fourth-order valence-corrected chi connectivity index (χ4v) is 4.26. The van der Waals surface area contributed by atoms with Gasteiger partial charge in [0.15, 0.2) is 0 Å². The van der Waals surface area contributed by atoms with E-state index < -0.39 is 0 Å². The van der Waals surface area contributed by atoms with Gasteiger partial charge in [-0.3, -0.25) is 4.79 Å². The van der Waals surface area contributed by atoms with Crippen molar-refractivity contribution in [1.82, 2.24) is 0 Å². The second-order valence-electron chi connectivity index (χ2n) is 7.40. The van der Waals surface area contributed by atoms with Gasteiger partial charge in [-0.25, -0.2) is 4.39 Å². The summed E-state index contributed by atoms with van der Waals surface area (Å²) in [5.74, 6) is 0.811. The van der Waals surface area contributed by atoms with Gasteiger partial charge in [-0.1, -0.05) is 27.2 Å². The van der Waals surface area contributed by atoms with Gasteiger partial charge in [0.1, 0.15) is 11.6 Å². The van der Waals surface area contributed by atoms with Gasteiger partial charge in [0.2, 0.25) is 0 Å². The topological polar surface area (TPSA) is 20.3 Å². The van der Waals surface area contributed by atoms with E-state index >= 15 is 0 Å². The van der Waals surface area contributed by atoms with Gasteiger partial charge in [-0.05, 0) is 42.0 Å². The molecule has 1 saturated carbocycles. The summed E-state index contributed by atoms with van der Waals surface area (Å²) in [6, 6.07) is 6.99. The first-order valence-electron chi connectivity index (χ1n) is 7.96. The molecule has 1 aliphatic heterocycles. The number of anilines is 1. The Labute approximate surface area is 126 Å². The second kappa shape index (κ2) is 5.11. The molecule has 1 aromatic carbocycles. The molecule has 1 heterocycles. The number of carbonyl (C=O) groups is 1. The van der Waals surface area contributed by atoms with Crippen LogP contribution in [0.1, 0.15) is 40.0 Å². The van der Waals surface area contributed by atoms with Crippen LogP contribution in [0, 0.1) is 23.1 Å². The van der Waals surface area contributed by atoms with Crippen LogP contribution in [0.5, 0.6) is 0 Å². The summed E-state index contributed by atoms with van der Waals surface area (Å²) in [5, 5.41) is 0. The Balaban J connectivity index is 1.94. The highest BCUT2D eigenvalue weighted by Crippen LogP contribution is 2.47. The molecule has 0 bridgehead atoms. The molecule has 21 heavy (non-hydrogen) atoms. The quantitative estimate of drug-likeness (QED) is 0.818. The van der Waals surface area contributed by atoms with Crippen LogP contribution >= 0.6 is 0 Å². The molecule has 2 aliphatic rings. The summed E-state index contributed by atoms with van der Waals surface area (Å²) >= 11 is 0. The van der Waals surface area contributed by atoms with Crippen LogP contribution in [0.25, 0.3) is 0 Å². The van der Waals surface area contributed by atoms with Crippen molar-refractivity contribution in [2.24, 2.45) is 17.3 Å². The summed E-state index contributed by atoms with van der Waals surface area (Å²) in [7, 11) is 0. The number of benzene rings is 1. The largest absolute Gasteiger partial charge is 0.367 e. The smallest absolute Gasteiger partial charge is 0.138 e. The molecule has 3 atom stereocenters. The molecule has 2 nitrogen and oxygen atoms in total. The average Bonchev–Trinajstić information content (AvgIpc) is 2.77. The van der Waals surface area contributed by atoms with Gasteiger partial charge in [0.25, 0.3) is 0 Å². The highest BCUT2D eigenvalue weighted by atomic mass is 19.1. The van der Waals surface area contributed by atoms with Crippen molar-refractivity contribution in [1.29, 1.82) is 0 Å². The van der Waals surface area contributed by atoms with Crippen LogP contribution in [0.3, 0.4) is 0 Å². The van der Waals surface area contributed by atoms with Crippen LogP contribution in [0.4, 0.5) is 10.1 Å². The molecule has 3 heteroatoms. The summed E-state index contributed by atoms with van der Waals surface area (Å²) in [6.07, 6.45) is 2.77. The summed E-state index contributed by atoms with van der Waals surface area (Å²) in [5.41, 5.74) is 1.12. The number of ketones is 1. The fourth-order valence-electron chi connectivity index (χ4n) is 4.26. The van der Waals surface area contributed by atoms with Crippen molar-refractivity contribution in [3.05, 3.63) is 30.1 Å². The van der Waals surface area contributed by atoms with Crippen molar-refractivity contribution in [3.8, 4) is 0 Å². The first kappa shape index (κ1) is 14.6. The highest BCUT2D eigenvalue weighted by molar-refractivity contribution is 5.85. The number of Topliss-reactive ketones (excluding diaryl/α,β-unsaturated/α-hetero) is 1. The van der Waals surface area contributed by atoms with Crippen LogP contribution in [0.2, 0.25) is 0 Å². The molecule has 0 spiro atoms. The maximum absolute atomic E-state index is 13.2. The van der Waals surface area contributed by atoms with Gasteiger partial charge < -0.3 is 4.90 Å². The zero-order chi connectivity index (χ0) is 15.2. The highest BCUT2D eigenvalue weighted by Gasteiger charge is 2.50. The molecule has 1 aromatic rings. The zero-order valence-electron chi connectivity index (χ0n) is 13.1. The van der Waals surface area contributed by atoms with Crippen molar-refractivity contribution in [2.75, 3.05) is 11.4 Å². The number of fused-ring (bicyclic) bond motifs is 1. The Hall–Kier alpha value is -1.38. The van der Waals surface area contributed by atoms with Gasteiger partial charge in [-0.15, -0.1) is 0 Å². The van der Waals surface area contributed by atoms with Crippen LogP contribution in [-0.2, 0) is 4.79 Å². The van der Waals surface area contributed by atoms with E-state index in [4.69, 9.17) is 0 Å². The minimum Gasteiger partial charge on any atom is -0.367 e. The van der Waals surface area contributed by atoms with Crippen molar-refractivity contribution in [3.63, 3.8) is 0 Å². The normalized spacial score (nSPS) is 31.3. The zero-order valence-corrected chi connectivity index (χ0v) is 13.1. The Morgan fingerprint density at radius 1 is 1.29 bits per heavy atom. The third-order valence-corrected chi connectivity index (χ3v) is 5.22. The van der Waals surface area contributed by atoms with Gasteiger partial charge in [0, 0.05) is 30.6 Å². The molecule has 1 aliphatic carbocycles. The Morgan fingerprint density at radius 3 is 2.57 bits per heavy atom. The van der Waals surface area contributed by atoms with E-state index in [1.807, 2.05) is 12.1 Å². The lowest BCUT2D eigenvalue weighted by atomic mass is 9.67. The summed E-state index contributed by atoms with van der Waals surface area (Å²) < 4.78 is 13.2. The van der Waals surface area contributed by atoms with Crippen molar-refractivity contribution >= 4 is 11.5 Å². The van der Waals surface area contributed by atoms with Crippen LogP contribution < -0.4 is 4.90 Å². The predicted octanol–water partition coefficient (Wildman–Crippen LogP) is 4.05. The molecule has 2 fully saturated rings. The van der Waals surface area contributed by atoms with Crippen molar-refractivity contribution in [2.45, 2.75) is 46.1 Å². The molecule has 0 amide bonds. The van der Waals surface area contributed by atoms with E-state index in [1.165, 1.54) is 12.1 Å². The van der Waals surface area contributed by atoms with Gasteiger partial charge >= 0.3 is 0 Å². The van der Waals surface area contributed by atoms with Gasteiger partial charge in [-0.2, -0.15) is 0 Å². The minimum absolute atomic E-state index is 0.0686. The second-order valence-corrected chi connectivity index (χ2v) is 7.40. The number of carbonyl (C=O) groups excluding carboxylic acids is 1. The molecular weight excluding hydrogens is 265 g/mol. The fraction of sp³-hybridized carbons (Fsp3) is 0.611. The molecule has 114 valence electrons. The maximum atomic E-state index is 13.2. The lowest BCUT2D eigenvalue weighted by molar-refractivity contribution is -0.129.